The van der Waals surface area contributed by atoms with Crippen molar-refractivity contribution in [2.75, 3.05) is 20.2 Å². The monoisotopic (exact) mass is 642 g/mol. The van der Waals surface area contributed by atoms with E-state index in [1.54, 1.807) is 12.0 Å². The molecule has 1 aliphatic heterocycles. The van der Waals surface area contributed by atoms with Crippen molar-refractivity contribution in [3.05, 3.63) is 107 Å². The van der Waals surface area contributed by atoms with Gasteiger partial charge < -0.3 is 30.3 Å². The van der Waals surface area contributed by atoms with Crippen molar-refractivity contribution in [1.82, 2.24) is 20.9 Å². The molecule has 4 rings (SSSR count). The Kier molecular flexibility index (Phi) is 13.2. The summed E-state index contributed by atoms with van der Waals surface area (Å²) >= 11 is 0. The standard InChI is InChI=1S/C38H50N4O5/c1-26(2)35(42-21-13-20-39-37(42)44)36(43)40-31(22-29-16-8-6-9-17-29)24-34(46-5)33(23-30-18-10-7-11-19-30)41-38(45)47-25-32-27(3)14-12-15-28(32)4/h6-12,14-19,26,31,33-35H,13,20-25H2,1-5H3,(H,39,44)(H,40,43)(H,41,45)/t31-,33-,34-,35-/m0/s1. The van der Waals surface area contributed by atoms with E-state index in [0.717, 1.165) is 34.2 Å². The molecule has 3 aromatic rings. The first-order valence-corrected chi connectivity index (χ1v) is 16.6. The second-order valence-electron chi connectivity index (χ2n) is 12.8. The average molecular weight is 643 g/mol. The SMILES string of the molecule is CO[C@@H](C[C@H](Cc1ccccc1)NC(=O)[C@H](C(C)C)N1CCCNC1=O)[C@H](Cc1ccccc1)NC(=O)OCc1c(C)cccc1C. The fraction of sp³-hybridized carbons (Fsp3) is 0.447. The molecule has 4 atom stereocenters. The molecule has 1 fully saturated rings. The molecular formula is C38H50N4O5. The molecule has 1 heterocycles. The van der Waals surface area contributed by atoms with Crippen LogP contribution in [0.25, 0.3) is 0 Å². The molecule has 1 saturated heterocycles. The van der Waals surface area contributed by atoms with Crippen LogP contribution in [0.15, 0.2) is 78.9 Å². The van der Waals surface area contributed by atoms with Gasteiger partial charge in [0.1, 0.15) is 12.6 Å². The van der Waals surface area contributed by atoms with Crippen LogP contribution in [0.1, 0.15) is 54.5 Å². The highest BCUT2D eigenvalue weighted by Gasteiger charge is 2.36. The van der Waals surface area contributed by atoms with Gasteiger partial charge in [0.05, 0.1) is 12.1 Å². The van der Waals surface area contributed by atoms with Gasteiger partial charge in [0.15, 0.2) is 0 Å². The van der Waals surface area contributed by atoms with Gasteiger partial charge in [0.2, 0.25) is 5.91 Å². The van der Waals surface area contributed by atoms with Crippen LogP contribution in [0.2, 0.25) is 0 Å². The van der Waals surface area contributed by atoms with E-state index in [2.05, 4.69) is 16.0 Å². The van der Waals surface area contributed by atoms with Gasteiger partial charge in [0, 0.05) is 26.2 Å². The zero-order valence-corrected chi connectivity index (χ0v) is 28.3. The van der Waals surface area contributed by atoms with Crippen molar-refractivity contribution in [1.29, 1.82) is 0 Å². The van der Waals surface area contributed by atoms with E-state index in [4.69, 9.17) is 9.47 Å². The van der Waals surface area contributed by atoms with E-state index in [0.29, 0.717) is 32.4 Å². The Balaban J connectivity index is 1.56. The van der Waals surface area contributed by atoms with Crippen LogP contribution in [0, 0.1) is 19.8 Å². The van der Waals surface area contributed by atoms with E-state index in [1.165, 1.54) is 0 Å². The number of methoxy groups -OCH3 is 1. The summed E-state index contributed by atoms with van der Waals surface area (Å²) in [6.45, 7) is 9.22. The summed E-state index contributed by atoms with van der Waals surface area (Å²) in [6, 6.07) is 24.3. The van der Waals surface area contributed by atoms with Crippen LogP contribution in [0.3, 0.4) is 0 Å². The van der Waals surface area contributed by atoms with Crippen molar-refractivity contribution in [3.8, 4) is 0 Å². The number of carbonyl (C=O) groups excluding carboxylic acids is 3. The fourth-order valence-electron chi connectivity index (χ4n) is 6.35. The Morgan fingerprint density at radius 2 is 1.49 bits per heavy atom. The highest BCUT2D eigenvalue weighted by molar-refractivity contribution is 5.87. The third-order valence-corrected chi connectivity index (χ3v) is 8.88. The van der Waals surface area contributed by atoms with Crippen LogP contribution in [0.4, 0.5) is 9.59 Å². The molecule has 9 nitrogen and oxygen atoms in total. The van der Waals surface area contributed by atoms with Crippen molar-refractivity contribution < 1.29 is 23.9 Å². The van der Waals surface area contributed by atoms with Gasteiger partial charge in [-0.1, -0.05) is 92.7 Å². The Morgan fingerprint density at radius 1 is 0.872 bits per heavy atom. The second-order valence-corrected chi connectivity index (χ2v) is 12.8. The molecule has 0 bridgehead atoms. The summed E-state index contributed by atoms with van der Waals surface area (Å²) in [5.74, 6) is -0.290. The number of benzene rings is 3. The van der Waals surface area contributed by atoms with E-state index < -0.39 is 24.3 Å². The highest BCUT2D eigenvalue weighted by atomic mass is 16.5. The highest BCUT2D eigenvalue weighted by Crippen LogP contribution is 2.20. The first-order valence-electron chi connectivity index (χ1n) is 16.6. The van der Waals surface area contributed by atoms with Crippen molar-refractivity contribution in [2.45, 2.75) is 84.2 Å². The van der Waals surface area contributed by atoms with Crippen LogP contribution in [0.5, 0.6) is 0 Å². The van der Waals surface area contributed by atoms with Gasteiger partial charge in [-0.15, -0.1) is 0 Å². The molecule has 0 spiro atoms. The van der Waals surface area contributed by atoms with E-state index in [1.807, 2.05) is 107 Å². The molecular weight excluding hydrogens is 592 g/mol. The molecule has 9 heteroatoms. The molecule has 4 amide bonds. The first kappa shape index (κ1) is 35.5. The maximum absolute atomic E-state index is 14.0. The maximum atomic E-state index is 14.0. The third kappa shape index (κ3) is 10.3. The number of alkyl carbamates (subject to hydrolysis) is 1. The van der Waals surface area contributed by atoms with Gasteiger partial charge in [-0.2, -0.15) is 0 Å². The molecule has 3 N–H and O–H groups in total. The molecule has 0 aliphatic carbocycles. The predicted octanol–water partition coefficient (Wildman–Crippen LogP) is 5.71. The number of carbonyl (C=O) groups is 3. The second kappa shape index (κ2) is 17.5. The summed E-state index contributed by atoms with van der Waals surface area (Å²) in [5, 5.41) is 9.24. The van der Waals surface area contributed by atoms with Crippen LogP contribution < -0.4 is 16.0 Å². The minimum Gasteiger partial charge on any atom is -0.445 e. The smallest absolute Gasteiger partial charge is 0.407 e. The largest absolute Gasteiger partial charge is 0.445 e. The fourth-order valence-corrected chi connectivity index (χ4v) is 6.35. The minimum atomic E-state index is -0.618. The lowest BCUT2D eigenvalue weighted by molar-refractivity contribution is -0.128. The Bertz CT molecular complexity index is 1430. The summed E-state index contributed by atoms with van der Waals surface area (Å²) in [6.07, 6.45) is 1.27. The Hall–Kier alpha value is -4.37. The Morgan fingerprint density at radius 3 is 2.06 bits per heavy atom. The zero-order chi connectivity index (χ0) is 33.8. The summed E-state index contributed by atoms with van der Waals surface area (Å²) in [4.78, 5) is 41.6. The van der Waals surface area contributed by atoms with Gasteiger partial charge in [-0.25, -0.2) is 9.59 Å². The normalized spacial score (nSPS) is 15.7. The molecule has 252 valence electrons. The van der Waals surface area contributed by atoms with Gasteiger partial charge in [0.25, 0.3) is 0 Å². The summed E-state index contributed by atoms with van der Waals surface area (Å²) < 4.78 is 11.8. The first-order chi connectivity index (χ1) is 22.7. The zero-order valence-electron chi connectivity index (χ0n) is 28.3. The molecule has 47 heavy (non-hydrogen) atoms. The number of nitrogens with zero attached hydrogens (tertiary/aromatic N) is 1. The molecule has 0 radical (unpaired) electrons. The maximum Gasteiger partial charge on any atom is 0.407 e. The predicted molar refractivity (Wildman–Crippen MR) is 184 cm³/mol. The van der Waals surface area contributed by atoms with Crippen LogP contribution >= 0.6 is 0 Å². The topological polar surface area (TPSA) is 109 Å². The molecule has 0 aromatic heterocycles. The average Bonchev–Trinajstić information content (AvgIpc) is 3.05. The van der Waals surface area contributed by atoms with Crippen LogP contribution in [-0.2, 0) is 33.7 Å². The van der Waals surface area contributed by atoms with E-state index >= 15 is 0 Å². The number of hydrogen-bond acceptors (Lipinski definition) is 5. The Labute approximate surface area is 279 Å². The van der Waals surface area contributed by atoms with Crippen molar-refractivity contribution >= 4 is 18.0 Å². The summed E-state index contributed by atoms with van der Waals surface area (Å²) in [5.41, 5.74) is 5.21. The minimum absolute atomic E-state index is 0.0893. The number of ether oxygens (including phenoxy) is 2. The third-order valence-electron chi connectivity index (χ3n) is 8.88. The van der Waals surface area contributed by atoms with E-state index in [-0.39, 0.29) is 30.5 Å². The van der Waals surface area contributed by atoms with Crippen molar-refractivity contribution in [2.24, 2.45) is 5.92 Å². The lowest BCUT2D eigenvalue weighted by atomic mass is 9.92. The van der Waals surface area contributed by atoms with Crippen molar-refractivity contribution in [3.63, 3.8) is 0 Å². The van der Waals surface area contributed by atoms with E-state index in [9.17, 15) is 14.4 Å². The molecule has 3 aromatic carbocycles. The quantitative estimate of drug-likeness (QED) is 0.197. The number of hydrogen-bond donors (Lipinski definition) is 3. The lowest BCUT2D eigenvalue weighted by Gasteiger charge is -2.37. The van der Waals surface area contributed by atoms with Gasteiger partial charge in [-0.3, -0.25) is 4.79 Å². The lowest BCUT2D eigenvalue weighted by Crippen LogP contribution is -2.59. The summed E-state index contributed by atoms with van der Waals surface area (Å²) in [7, 11) is 1.63. The number of amides is 4. The number of urea groups is 1. The number of nitrogens with one attached hydrogen (secondary N) is 3. The molecule has 0 saturated carbocycles. The molecule has 1 aliphatic rings. The number of rotatable bonds is 15. The van der Waals surface area contributed by atoms with Gasteiger partial charge in [-0.05, 0) is 73.3 Å². The molecule has 0 unspecified atom stereocenters. The van der Waals surface area contributed by atoms with Crippen LogP contribution in [-0.4, -0.2) is 67.4 Å². The number of aryl methyl sites for hydroxylation is 2. The van der Waals surface area contributed by atoms with Gasteiger partial charge >= 0.3 is 12.1 Å².